The monoisotopic (exact) mass is 266 g/mol. The summed E-state index contributed by atoms with van der Waals surface area (Å²) in [5.41, 5.74) is 1.32. The third-order valence-corrected chi connectivity index (χ3v) is 3.05. The van der Waals surface area contributed by atoms with Gasteiger partial charge >= 0.3 is 5.97 Å². The lowest BCUT2D eigenvalue weighted by Gasteiger charge is -2.06. The first-order valence-electron chi connectivity index (χ1n) is 5.55. The van der Waals surface area contributed by atoms with Crippen LogP contribution in [-0.4, -0.2) is 20.9 Å². The molecule has 0 aliphatic heterocycles. The number of hydrogen-bond donors (Lipinski definition) is 1. The van der Waals surface area contributed by atoms with Crippen LogP contribution in [0.15, 0.2) is 12.1 Å². The smallest absolute Gasteiger partial charge is 0.341 e. The van der Waals surface area contributed by atoms with E-state index in [0.29, 0.717) is 11.3 Å². The van der Waals surface area contributed by atoms with Crippen molar-refractivity contribution in [3.8, 4) is 11.1 Å². The summed E-state index contributed by atoms with van der Waals surface area (Å²) in [7, 11) is 1.73. The van der Waals surface area contributed by atoms with E-state index >= 15 is 0 Å². The van der Waals surface area contributed by atoms with Gasteiger partial charge in [-0.25, -0.2) is 13.6 Å². The number of carboxylic acid groups (broad SMARTS) is 1. The number of benzene rings is 1. The maximum absolute atomic E-state index is 13.7. The second-order valence-corrected chi connectivity index (χ2v) is 4.29. The van der Waals surface area contributed by atoms with Crippen LogP contribution in [-0.2, 0) is 7.05 Å². The van der Waals surface area contributed by atoms with E-state index in [0.717, 1.165) is 17.8 Å². The lowest BCUT2D eigenvalue weighted by atomic mass is 10.0. The minimum Gasteiger partial charge on any atom is -0.477 e. The molecule has 6 heteroatoms. The fourth-order valence-electron chi connectivity index (χ4n) is 2.11. The van der Waals surface area contributed by atoms with Gasteiger partial charge in [-0.1, -0.05) is 0 Å². The van der Waals surface area contributed by atoms with Crippen molar-refractivity contribution >= 4 is 5.97 Å². The van der Waals surface area contributed by atoms with E-state index in [9.17, 15) is 13.6 Å². The van der Waals surface area contributed by atoms with Crippen LogP contribution >= 0.6 is 0 Å². The van der Waals surface area contributed by atoms with Gasteiger partial charge in [-0.3, -0.25) is 4.68 Å². The zero-order chi connectivity index (χ0) is 14.3. The van der Waals surface area contributed by atoms with E-state index in [1.165, 1.54) is 0 Å². The van der Waals surface area contributed by atoms with E-state index in [-0.39, 0.29) is 5.56 Å². The summed E-state index contributed by atoms with van der Waals surface area (Å²) in [5, 5.41) is 12.9. The van der Waals surface area contributed by atoms with Crippen molar-refractivity contribution in [2.45, 2.75) is 13.8 Å². The maximum atomic E-state index is 13.7. The highest BCUT2D eigenvalue weighted by molar-refractivity contribution is 5.89. The van der Waals surface area contributed by atoms with Gasteiger partial charge in [-0.05, 0) is 31.5 Å². The van der Waals surface area contributed by atoms with Crippen LogP contribution in [0.2, 0.25) is 0 Å². The van der Waals surface area contributed by atoms with E-state index in [2.05, 4.69) is 5.10 Å². The fourth-order valence-corrected chi connectivity index (χ4v) is 2.11. The average Bonchev–Trinajstić information content (AvgIpc) is 2.51. The molecule has 0 saturated carbocycles. The highest BCUT2D eigenvalue weighted by atomic mass is 19.1. The first-order valence-corrected chi connectivity index (χ1v) is 5.55. The highest BCUT2D eigenvalue weighted by Crippen LogP contribution is 2.29. The molecule has 2 rings (SSSR count). The summed E-state index contributed by atoms with van der Waals surface area (Å²) < 4.78 is 28.9. The van der Waals surface area contributed by atoms with Gasteiger partial charge in [-0.15, -0.1) is 0 Å². The molecule has 0 radical (unpaired) electrons. The molecule has 1 aromatic carbocycles. The number of rotatable bonds is 2. The SMILES string of the molecule is Cc1nn(C)c(C)c1-c1cc(F)c(C(=O)O)c(F)c1. The molecule has 1 aromatic heterocycles. The maximum Gasteiger partial charge on any atom is 0.341 e. The molecule has 0 unspecified atom stereocenters. The molecule has 1 heterocycles. The van der Waals surface area contributed by atoms with Gasteiger partial charge in [-0.2, -0.15) is 5.10 Å². The molecule has 0 saturated heterocycles. The predicted molar refractivity (Wildman–Crippen MR) is 65.0 cm³/mol. The van der Waals surface area contributed by atoms with Gasteiger partial charge in [0.05, 0.1) is 5.69 Å². The molecule has 1 N–H and O–H groups in total. The standard InChI is InChI=1S/C13H12F2N2O2/c1-6-11(7(2)17(3)16-6)8-4-9(14)12(13(18)19)10(15)5-8/h4-5H,1-3H3,(H,18,19). The number of hydrogen-bond acceptors (Lipinski definition) is 2. The Morgan fingerprint density at radius 2 is 1.79 bits per heavy atom. The molecule has 0 bridgehead atoms. The topological polar surface area (TPSA) is 55.1 Å². The van der Waals surface area contributed by atoms with Crippen molar-refractivity contribution in [1.29, 1.82) is 0 Å². The highest BCUT2D eigenvalue weighted by Gasteiger charge is 2.20. The summed E-state index contributed by atoms with van der Waals surface area (Å²) in [4.78, 5) is 10.7. The van der Waals surface area contributed by atoms with Gasteiger partial charge < -0.3 is 5.11 Å². The largest absolute Gasteiger partial charge is 0.477 e. The van der Waals surface area contributed by atoms with Gasteiger partial charge in [0.25, 0.3) is 0 Å². The van der Waals surface area contributed by atoms with Crippen LogP contribution in [0.25, 0.3) is 11.1 Å². The van der Waals surface area contributed by atoms with Crippen molar-refractivity contribution < 1.29 is 18.7 Å². The summed E-state index contributed by atoms with van der Waals surface area (Å²) >= 11 is 0. The third kappa shape index (κ3) is 2.09. The average molecular weight is 266 g/mol. The van der Waals surface area contributed by atoms with E-state index in [1.54, 1.807) is 25.6 Å². The summed E-state index contributed by atoms with van der Waals surface area (Å²) in [6, 6.07) is 2.03. The molecule has 0 amide bonds. The van der Waals surface area contributed by atoms with Gasteiger partial charge in [0.15, 0.2) is 0 Å². The zero-order valence-corrected chi connectivity index (χ0v) is 10.7. The molecular weight excluding hydrogens is 254 g/mol. The first-order chi connectivity index (χ1) is 8.82. The summed E-state index contributed by atoms with van der Waals surface area (Å²) in [6.45, 7) is 3.50. The molecule has 0 fully saturated rings. The van der Waals surface area contributed by atoms with Crippen LogP contribution in [0.3, 0.4) is 0 Å². The normalized spacial score (nSPS) is 10.8. The number of halogens is 2. The van der Waals surface area contributed by atoms with Crippen LogP contribution < -0.4 is 0 Å². The van der Waals surface area contributed by atoms with Crippen LogP contribution in [0.1, 0.15) is 21.7 Å². The third-order valence-electron chi connectivity index (χ3n) is 3.05. The Morgan fingerprint density at radius 3 is 2.16 bits per heavy atom. The van der Waals surface area contributed by atoms with E-state index in [4.69, 9.17) is 5.11 Å². The predicted octanol–water partition coefficient (Wildman–Crippen LogP) is 2.68. The number of carboxylic acids is 1. The Labute approximate surface area is 108 Å². The summed E-state index contributed by atoms with van der Waals surface area (Å²) in [6.07, 6.45) is 0. The van der Waals surface area contributed by atoms with Crippen LogP contribution in [0.5, 0.6) is 0 Å². The minimum absolute atomic E-state index is 0.281. The minimum atomic E-state index is -1.62. The molecule has 19 heavy (non-hydrogen) atoms. The van der Waals surface area contributed by atoms with E-state index in [1.807, 2.05) is 0 Å². The number of aromatic carboxylic acids is 1. The lowest BCUT2D eigenvalue weighted by molar-refractivity contribution is 0.0686. The number of carbonyl (C=O) groups is 1. The van der Waals surface area contributed by atoms with Crippen molar-refractivity contribution in [2.24, 2.45) is 7.05 Å². The molecule has 0 atom stereocenters. The molecule has 2 aromatic rings. The van der Waals surface area contributed by atoms with Gasteiger partial charge in [0.2, 0.25) is 0 Å². The Balaban J connectivity index is 2.68. The Hall–Kier alpha value is -2.24. The lowest BCUT2D eigenvalue weighted by Crippen LogP contribution is -2.05. The van der Waals surface area contributed by atoms with Crippen molar-refractivity contribution in [1.82, 2.24) is 9.78 Å². The second-order valence-electron chi connectivity index (χ2n) is 4.29. The fraction of sp³-hybridized carbons (Fsp3) is 0.231. The molecule has 0 spiro atoms. The molecule has 4 nitrogen and oxygen atoms in total. The second kappa shape index (κ2) is 4.46. The molecule has 0 aliphatic rings. The van der Waals surface area contributed by atoms with Gasteiger partial charge in [0.1, 0.15) is 17.2 Å². The van der Waals surface area contributed by atoms with Crippen molar-refractivity contribution in [3.63, 3.8) is 0 Å². The number of aromatic nitrogens is 2. The number of aryl methyl sites for hydroxylation is 2. The molecular formula is C13H12F2N2O2. The number of nitrogens with zero attached hydrogens (tertiary/aromatic N) is 2. The Morgan fingerprint density at radius 1 is 1.26 bits per heavy atom. The molecule has 0 aliphatic carbocycles. The zero-order valence-electron chi connectivity index (χ0n) is 10.7. The van der Waals surface area contributed by atoms with Crippen LogP contribution in [0, 0.1) is 25.5 Å². The first kappa shape index (κ1) is 13.2. The Bertz CT molecular complexity index is 655. The molecule has 100 valence electrons. The Kier molecular flexibility index (Phi) is 3.09. The quantitative estimate of drug-likeness (QED) is 0.909. The van der Waals surface area contributed by atoms with Crippen molar-refractivity contribution in [2.75, 3.05) is 0 Å². The van der Waals surface area contributed by atoms with E-state index < -0.39 is 23.2 Å². The van der Waals surface area contributed by atoms with Crippen LogP contribution in [0.4, 0.5) is 8.78 Å². The summed E-state index contributed by atoms with van der Waals surface area (Å²) in [5.74, 6) is -3.81. The van der Waals surface area contributed by atoms with Gasteiger partial charge in [0, 0.05) is 18.3 Å². The van der Waals surface area contributed by atoms with Crippen molar-refractivity contribution in [3.05, 3.63) is 40.7 Å².